The molecule has 0 aromatic carbocycles. The molecule has 0 radical (unpaired) electrons. The zero-order chi connectivity index (χ0) is 12.5. The van der Waals surface area contributed by atoms with E-state index < -0.39 is 0 Å². The maximum atomic E-state index is 5.76. The maximum Gasteiger partial charge on any atom is 0.222 e. The molecule has 5 heteroatoms. The molecule has 3 rings (SSSR count). The molecule has 2 bridgehead atoms. The van der Waals surface area contributed by atoms with Crippen molar-refractivity contribution in [2.45, 2.75) is 37.8 Å². The van der Waals surface area contributed by atoms with Crippen LogP contribution in [0.5, 0.6) is 0 Å². The van der Waals surface area contributed by atoms with Gasteiger partial charge in [-0.15, -0.1) is 0 Å². The van der Waals surface area contributed by atoms with E-state index in [1.165, 1.54) is 25.7 Å². The quantitative estimate of drug-likeness (QED) is 0.912. The van der Waals surface area contributed by atoms with Gasteiger partial charge in [0, 0.05) is 18.6 Å². The Balaban J connectivity index is 1.54. The lowest BCUT2D eigenvalue weighted by Crippen LogP contribution is -2.41. The van der Waals surface area contributed by atoms with E-state index in [-0.39, 0.29) is 0 Å². The van der Waals surface area contributed by atoms with Crippen molar-refractivity contribution < 1.29 is 0 Å². The third-order valence-corrected chi connectivity index (χ3v) is 4.56. The molecule has 18 heavy (non-hydrogen) atoms. The highest BCUT2D eigenvalue weighted by Gasteiger charge is 2.38. The molecule has 0 amide bonds. The first-order chi connectivity index (χ1) is 8.72. The van der Waals surface area contributed by atoms with E-state index in [2.05, 4.69) is 27.2 Å². The smallest absolute Gasteiger partial charge is 0.222 e. The normalized spacial score (nSPS) is 31.6. The second-order valence-corrected chi connectivity index (χ2v) is 5.93. The molecule has 0 spiro atoms. The van der Waals surface area contributed by atoms with Crippen LogP contribution in [0.25, 0.3) is 0 Å². The molecule has 4 nitrogen and oxygen atoms in total. The second kappa shape index (κ2) is 5.02. The minimum Gasteiger partial charge on any atom is -0.354 e. The molecule has 0 saturated carbocycles. The van der Waals surface area contributed by atoms with Crippen LogP contribution < -0.4 is 5.32 Å². The number of aromatic nitrogens is 2. The lowest BCUT2D eigenvalue weighted by Gasteiger charge is -2.36. The van der Waals surface area contributed by atoms with E-state index >= 15 is 0 Å². The first-order valence-electron chi connectivity index (χ1n) is 6.65. The monoisotopic (exact) mass is 266 g/mol. The topological polar surface area (TPSA) is 41.0 Å². The Morgan fingerprint density at radius 1 is 1.28 bits per heavy atom. The minimum atomic E-state index is 0.581. The van der Waals surface area contributed by atoms with Gasteiger partial charge in [0.2, 0.25) is 5.95 Å². The van der Waals surface area contributed by atoms with Gasteiger partial charge >= 0.3 is 0 Å². The Morgan fingerprint density at radius 2 is 1.89 bits per heavy atom. The number of halogens is 1. The molecule has 2 atom stereocenters. The Morgan fingerprint density at radius 3 is 2.50 bits per heavy atom. The predicted octanol–water partition coefficient (Wildman–Crippen LogP) is 2.41. The molecule has 0 aliphatic carbocycles. The zero-order valence-electron chi connectivity index (χ0n) is 10.6. The Kier molecular flexibility index (Phi) is 3.39. The summed E-state index contributed by atoms with van der Waals surface area (Å²) in [7, 11) is 2.27. The molecule has 1 aromatic rings. The summed E-state index contributed by atoms with van der Waals surface area (Å²) < 4.78 is 0. The third kappa shape index (κ3) is 2.45. The van der Waals surface area contributed by atoms with Crippen LogP contribution in [-0.4, -0.2) is 40.5 Å². The number of hydrogen-bond donors (Lipinski definition) is 1. The van der Waals surface area contributed by atoms with Crippen molar-refractivity contribution >= 4 is 17.5 Å². The zero-order valence-corrected chi connectivity index (χ0v) is 11.4. The Hall–Kier alpha value is -0.870. The first kappa shape index (κ1) is 12.2. The molecule has 1 N–H and O–H groups in total. The molecule has 3 heterocycles. The fourth-order valence-corrected chi connectivity index (χ4v) is 3.43. The van der Waals surface area contributed by atoms with E-state index in [4.69, 9.17) is 11.6 Å². The summed E-state index contributed by atoms with van der Waals surface area (Å²) in [5, 5.41) is 3.91. The number of nitrogens with zero attached hydrogens (tertiary/aromatic N) is 3. The van der Waals surface area contributed by atoms with Gasteiger partial charge in [-0.2, -0.15) is 0 Å². The summed E-state index contributed by atoms with van der Waals surface area (Å²) in [5.74, 6) is 1.43. The summed E-state index contributed by atoms with van der Waals surface area (Å²) in [5.41, 5.74) is 0. The third-order valence-electron chi connectivity index (χ3n) is 4.37. The van der Waals surface area contributed by atoms with Crippen molar-refractivity contribution in [3.8, 4) is 0 Å². The van der Waals surface area contributed by atoms with E-state index in [1.54, 1.807) is 12.4 Å². The summed E-state index contributed by atoms with van der Waals surface area (Å²) in [6.07, 6.45) is 8.61. The second-order valence-electron chi connectivity index (χ2n) is 5.49. The van der Waals surface area contributed by atoms with Gasteiger partial charge in [0.1, 0.15) is 0 Å². The van der Waals surface area contributed by atoms with Crippen molar-refractivity contribution in [1.29, 1.82) is 0 Å². The van der Waals surface area contributed by atoms with Crippen LogP contribution in [0.15, 0.2) is 12.4 Å². The number of anilines is 1. The van der Waals surface area contributed by atoms with Crippen molar-refractivity contribution in [3.63, 3.8) is 0 Å². The van der Waals surface area contributed by atoms with Gasteiger partial charge in [-0.05, 0) is 38.6 Å². The van der Waals surface area contributed by atoms with Crippen LogP contribution in [0, 0.1) is 5.92 Å². The average molecular weight is 267 g/mol. The molecule has 2 saturated heterocycles. The Bertz CT molecular complexity index is 394. The number of piperidine rings is 1. The largest absolute Gasteiger partial charge is 0.354 e. The van der Waals surface area contributed by atoms with Crippen LogP contribution >= 0.6 is 11.6 Å². The van der Waals surface area contributed by atoms with Crippen LogP contribution in [-0.2, 0) is 0 Å². The van der Waals surface area contributed by atoms with Gasteiger partial charge in [0.25, 0.3) is 0 Å². The standard InChI is InChI=1S/C13H19ClN4/c1-18-11-2-3-12(18)5-9(4-11)6-15-13-16-7-10(14)8-17-13/h7-9,11-12H,2-6H2,1H3,(H,15,16,17). The van der Waals surface area contributed by atoms with Gasteiger partial charge in [0.15, 0.2) is 0 Å². The summed E-state index contributed by atoms with van der Waals surface area (Å²) in [6, 6.07) is 1.59. The number of nitrogens with one attached hydrogen (secondary N) is 1. The van der Waals surface area contributed by atoms with Crippen molar-refractivity contribution in [3.05, 3.63) is 17.4 Å². The molecule has 98 valence electrons. The van der Waals surface area contributed by atoms with Gasteiger partial charge in [0.05, 0.1) is 17.4 Å². The van der Waals surface area contributed by atoms with E-state index in [0.717, 1.165) is 24.5 Å². The van der Waals surface area contributed by atoms with Crippen LogP contribution in [0.1, 0.15) is 25.7 Å². The van der Waals surface area contributed by atoms with E-state index in [1.807, 2.05) is 0 Å². The van der Waals surface area contributed by atoms with Crippen LogP contribution in [0.3, 0.4) is 0 Å². The molecular weight excluding hydrogens is 248 g/mol. The minimum absolute atomic E-state index is 0.581. The number of fused-ring (bicyclic) bond motifs is 2. The summed E-state index contributed by atoms with van der Waals surface area (Å²) >= 11 is 5.76. The first-order valence-corrected chi connectivity index (χ1v) is 7.03. The fourth-order valence-electron chi connectivity index (χ4n) is 3.33. The lowest BCUT2D eigenvalue weighted by molar-refractivity contribution is 0.139. The van der Waals surface area contributed by atoms with Crippen LogP contribution in [0.4, 0.5) is 5.95 Å². The maximum absolute atomic E-state index is 5.76. The van der Waals surface area contributed by atoms with Gasteiger partial charge in [-0.25, -0.2) is 9.97 Å². The Labute approximate surface area is 113 Å². The molecule has 2 fully saturated rings. The molecule has 2 aliphatic rings. The SMILES string of the molecule is CN1C2CCC1CC(CNc1ncc(Cl)cn1)C2. The summed E-state index contributed by atoms with van der Waals surface area (Å²) in [4.78, 5) is 10.9. The lowest BCUT2D eigenvalue weighted by atomic mass is 9.91. The van der Waals surface area contributed by atoms with Gasteiger partial charge < -0.3 is 10.2 Å². The summed E-state index contributed by atoms with van der Waals surface area (Å²) in [6.45, 7) is 0.975. The highest BCUT2D eigenvalue weighted by atomic mass is 35.5. The number of rotatable bonds is 3. The predicted molar refractivity (Wildman–Crippen MR) is 72.8 cm³/mol. The van der Waals surface area contributed by atoms with E-state index in [0.29, 0.717) is 11.0 Å². The van der Waals surface area contributed by atoms with Gasteiger partial charge in [-0.3, -0.25) is 0 Å². The van der Waals surface area contributed by atoms with E-state index in [9.17, 15) is 0 Å². The molecule has 2 unspecified atom stereocenters. The number of hydrogen-bond acceptors (Lipinski definition) is 4. The van der Waals surface area contributed by atoms with Crippen molar-refractivity contribution in [2.75, 3.05) is 18.9 Å². The van der Waals surface area contributed by atoms with Crippen molar-refractivity contribution in [1.82, 2.24) is 14.9 Å². The molecule has 2 aliphatic heterocycles. The van der Waals surface area contributed by atoms with Crippen molar-refractivity contribution in [2.24, 2.45) is 5.92 Å². The average Bonchev–Trinajstić information content (AvgIpc) is 2.62. The van der Waals surface area contributed by atoms with Crippen LogP contribution in [0.2, 0.25) is 5.02 Å². The fraction of sp³-hybridized carbons (Fsp3) is 0.692. The molecular formula is C13H19ClN4. The molecule has 1 aromatic heterocycles. The van der Waals surface area contributed by atoms with Gasteiger partial charge in [-0.1, -0.05) is 11.6 Å². The highest BCUT2D eigenvalue weighted by Crippen LogP contribution is 2.37. The highest BCUT2D eigenvalue weighted by molar-refractivity contribution is 6.30.